The van der Waals surface area contributed by atoms with Crippen LogP contribution in [0.1, 0.15) is 31.9 Å². The Bertz CT molecular complexity index is 1260. The normalized spacial score (nSPS) is 12.3. The number of amides is 1. The van der Waals surface area contributed by atoms with Crippen molar-refractivity contribution in [2.24, 2.45) is 5.10 Å². The number of hydrogen-bond donors (Lipinski definition) is 2. The second-order valence-corrected chi connectivity index (χ2v) is 7.81. The van der Waals surface area contributed by atoms with Gasteiger partial charge in [0.05, 0.1) is 23.0 Å². The van der Waals surface area contributed by atoms with E-state index >= 15 is 0 Å². The number of aromatic nitrogens is 1. The van der Waals surface area contributed by atoms with Crippen LogP contribution in [-0.4, -0.2) is 27.6 Å². The molecule has 0 saturated carbocycles. The van der Waals surface area contributed by atoms with Gasteiger partial charge in [-0.2, -0.15) is 18.3 Å². The third-order valence-electron chi connectivity index (χ3n) is 4.30. The summed E-state index contributed by atoms with van der Waals surface area (Å²) in [5.74, 6) is -0.764. The van der Waals surface area contributed by atoms with Gasteiger partial charge in [-0.1, -0.05) is 30.3 Å². The molecule has 0 atom stereocenters. The van der Waals surface area contributed by atoms with E-state index < -0.39 is 40.6 Å². The van der Waals surface area contributed by atoms with Crippen LogP contribution in [0, 0.1) is 0 Å². The van der Waals surface area contributed by atoms with Crippen molar-refractivity contribution in [1.82, 2.24) is 9.99 Å². The maximum atomic E-state index is 13.6. The van der Waals surface area contributed by atoms with Gasteiger partial charge >= 0.3 is 12.3 Å². The number of nitrogens with zero attached hydrogens (tertiary/aromatic N) is 2. The number of hydrazone groups is 1. The summed E-state index contributed by atoms with van der Waals surface area (Å²) in [6.07, 6.45) is -4.60. The lowest BCUT2D eigenvalue weighted by Crippen LogP contribution is -2.29. The number of ether oxygens (including phenoxy) is 1. The zero-order valence-corrected chi connectivity index (χ0v) is 17.4. The van der Waals surface area contributed by atoms with E-state index in [2.05, 4.69) is 10.5 Å². The van der Waals surface area contributed by atoms with E-state index in [1.54, 1.807) is 32.9 Å². The molecule has 7 nitrogen and oxygen atoms in total. The lowest BCUT2D eigenvalue weighted by molar-refractivity contribution is -0.137. The van der Waals surface area contributed by atoms with Crippen LogP contribution in [-0.2, 0) is 10.9 Å². The van der Waals surface area contributed by atoms with E-state index in [1.165, 1.54) is 24.3 Å². The number of alkyl halides is 3. The summed E-state index contributed by atoms with van der Waals surface area (Å²) in [4.78, 5) is 24.8. The average molecular weight is 447 g/mol. The van der Waals surface area contributed by atoms with E-state index in [0.717, 1.165) is 18.3 Å². The van der Waals surface area contributed by atoms with Gasteiger partial charge < -0.3 is 9.84 Å². The summed E-state index contributed by atoms with van der Waals surface area (Å²) in [5.41, 5.74) is -1.19. The van der Waals surface area contributed by atoms with Gasteiger partial charge in [-0.3, -0.25) is 4.79 Å². The van der Waals surface area contributed by atoms with Crippen molar-refractivity contribution in [3.63, 3.8) is 0 Å². The van der Waals surface area contributed by atoms with Crippen molar-refractivity contribution in [2.45, 2.75) is 32.5 Å². The van der Waals surface area contributed by atoms with Gasteiger partial charge in [-0.05, 0) is 39.0 Å². The minimum absolute atomic E-state index is 0.0565. The molecule has 0 aliphatic rings. The topological polar surface area (TPSA) is 92.9 Å². The van der Waals surface area contributed by atoms with Crippen LogP contribution in [0.5, 0.6) is 5.88 Å². The molecule has 2 aromatic carbocycles. The second kappa shape index (κ2) is 8.37. The molecular weight excluding hydrogens is 427 g/mol. The molecule has 0 saturated heterocycles. The van der Waals surface area contributed by atoms with E-state index in [-0.39, 0.29) is 16.3 Å². The van der Waals surface area contributed by atoms with E-state index in [1.807, 2.05) is 0 Å². The Morgan fingerprint density at radius 1 is 1.06 bits per heavy atom. The number of hydrogen-bond acceptors (Lipinski definition) is 5. The van der Waals surface area contributed by atoms with Gasteiger partial charge in [0.15, 0.2) is 0 Å². The fourth-order valence-electron chi connectivity index (χ4n) is 3.07. The van der Waals surface area contributed by atoms with Crippen molar-refractivity contribution in [1.29, 1.82) is 0 Å². The van der Waals surface area contributed by atoms with Crippen molar-refractivity contribution in [3.8, 4) is 11.6 Å². The zero-order valence-electron chi connectivity index (χ0n) is 17.4. The summed E-state index contributed by atoms with van der Waals surface area (Å²) in [5, 5.41) is 14.8. The molecule has 0 radical (unpaired) electrons. The van der Waals surface area contributed by atoms with E-state index in [4.69, 9.17) is 4.74 Å². The molecule has 0 spiro atoms. The van der Waals surface area contributed by atoms with Crippen LogP contribution in [0.25, 0.3) is 16.5 Å². The molecule has 10 heteroatoms. The van der Waals surface area contributed by atoms with Crippen molar-refractivity contribution in [2.75, 3.05) is 0 Å². The molecule has 0 fully saturated rings. The van der Waals surface area contributed by atoms with Gasteiger partial charge in [-0.15, -0.1) is 0 Å². The highest BCUT2D eigenvalue weighted by Gasteiger charge is 2.34. The molecule has 168 valence electrons. The molecule has 0 aliphatic heterocycles. The highest BCUT2D eigenvalue weighted by atomic mass is 19.4. The molecule has 1 aromatic heterocycles. The number of halogens is 3. The Morgan fingerprint density at radius 3 is 2.28 bits per heavy atom. The third-order valence-corrected chi connectivity index (χ3v) is 4.30. The van der Waals surface area contributed by atoms with Crippen molar-refractivity contribution >= 4 is 23.1 Å². The van der Waals surface area contributed by atoms with Crippen LogP contribution in [0.15, 0.2) is 58.4 Å². The van der Waals surface area contributed by atoms with Gasteiger partial charge in [0.25, 0.3) is 5.56 Å². The Morgan fingerprint density at radius 2 is 1.66 bits per heavy atom. The Labute approximate surface area is 180 Å². The van der Waals surface area contributed by atoms with Crippen LogP contribution < -0.4 is 11.0 Å². The number of aromatic hydroxyl groups is 1. The molecule has 3 aromatic rings. The van der Waals surface area contributed by atoms with Gasteiger partial charge in [0.2, 0.25) is 5.88 Å². The standard InChI is InChI=1S/C22H20F3N3O4/c1-21(2,3)32-20(31)27-26-12-15-13-8-4-5-9-14(13)18(29)28(19(15)30)17-11-7-6-10-16(17)22(23,24)25/h4-12,30H,1-3H3,(H,27,31). The van der Waals surface area contributed by atoms with Crippen LogP contribution >= 0.6 is 0 Å². The second-order valence-electron chi connectivity index (χ2n) is 7.81. The smallest absolute Gasteiger partial charge is 0.428 e. The van der Waals surface area contributed by atoms with Gasteiger partial charge in [0.1, 0.15) is 5.60 Å². The highest BCUT2D eigenvalue weighted by Crippen LogP contribution is 2.35. The van der Waals surface area contributed by atoms with E-state index in [9.17, 15) is 27.9 Å². The van der Waals surface area contributed by atoms with Crippen molar-refractivity contribution in [3.05, 3.63) is 70.0 Å². The summed E-state index contributed by atoms with van der Waals surface area (Å²) < 4.78 is 46.3. The number of pyridine rings is 1. The molecule has 3 rings (SSSR count). The summed E-state index contributed by atoms with van der Waals surface area (Å²) in [6.45, 7) is 4.97. The lowest BCUT2D eigenvalue weighted by atomic mass is 10.1. The summed E-state index contributed by atoms with van der Waals surface area (Å²) in [7, 11) is 0. The zero-order chi connectivity index (χ0) is 23.7. The van der Waals surface area contributed by atoms with Crippen molar-refractivity contribution < 1.29 is 27.8 Å². The predicted molar refractivity (Wildman–Crippen MR) is 113 cm³/mol. The monoisotopic (exact) mass is 447 g/mol. The molecule has 0 unspecified atom stereocenters. The first-order chi connectivity index (χ1) is 14.9. The van der Waals surface area contributed by atoms with Gasteiger partial charge in [0, 0.05) is 10.8 Å². The molecule has 1 heterocycles. The number of nitrogens with one attached hydrogen (secondary N) is 1. The Hall–Kier alpha value is -3.82. The highest BCUT2D eigenvalue weighted by molar-refractivity contribution is 6.01. The third kappa shape index (κ3) is 4.74. The molecule has 2 N–H and O–H groups in total. The molecule has 0 bridgehead atoms. The quantitative estimate of drug-likeness (QED) is 0.454. The summed E-state index contributed by atoms with van der Waals surface area (Å²) >= 11 is 0. The number of para-hydroxylation sites is 1. The molecule has 32 heavy (non-hydrogen) atoms. The number of benzene rings is 2. The summed E-state index contributed by atoms with van der Waals surface area (Å²) in [6, 6.07) is 10.5. The van der Waals surface area contributed by atoms with E-state index in [0.29, 0.717) is 4.57 Å². The number of carbonyl (C=O) groups is 1. The average Bonchev–Trinajstić information content (AvgIpc) is 2.69. The fourth-order valence-corrected chi connectivity index (χ4v) is 3.07. The lowest BCUT2D eigenvalue weighted by Gasteiger charge is -2.19. The Balaban J connectivity index is 2.19. The SMILES string of the molecule is CC(C)(C)OC(=O)NN=Cc1c(O)n(-c2ccccc2C(F)(F)F)c(=O)c2ccccc12. The largest absolute Gasteiger partial charge is 0.494 e. The first-order valence-corrected chi connectivity index (χ1v) is 9.45. The minimum Gasteiger partial charge on any atom is -0.494 e. The maximum Gasteiger partial charge on any atom is 0.428 e. The van der Waals surface area contributed by atoms with Gasteiger partial charge in [-0.25, -0.2) is 14.8 Å². The first-order valence-electron chi connectivity index (χ1n) is 9.45. The maximum absolute atomic E-state index is 13.6. The molecule has 0 aliphatic carbocycles. The fraction of sp³-hybridized carbons (Fsp3) is 0.227. The van der Waals surface area contributed by atoms with Crippen LogP contribution in [0.2, 0.25) is 0 Å². The number of fused-ring (bicyclic) bond motifs is 1. The first kappa shape index (κ1) is 22.9. The minimum atomic E-state index is -4.76. The number of carbonyl (C=O) groups excluding carboxylic acids is 1. The predicted octanol–water partition coefficient (Wildman–Crippen LogP) is 4.57. The molecule has 1 amide bonds. The van der Waals surface area contributed by atoms with Crippen LogP contribution in [0.3, 0.4) is 0 Å². The number of rotatable bonds is 3. The molecular formula is C22H20F3N3O4. The Kier molecular flexibility index (Phi) is 5.98. The van der Waals surface area contributed by atoms with Crippen LogP contribution in [0.4, 0.5) is 18.0 Å².